The van der Waals surface area contributed by atoms with Gasteiger partial charge in [0, 0.05) is 5.56 Å². The fraction of sp³-hybridized carbons (Fsp3) is 0.500. The van der Waals surface area contributed by atoms with Crippen molar-refractivity contribution in [3.63, 3.8) is 0 Å². The summed E-state index contributed by atoms with van der Waals surface area (Å²) in [5, 5.41) is 3.17. The van der Waals surface area contributed by atoms with E-state index >= 15 is 0 Å². The molecule has 1 rings (SSSR count). The summed E-state index contributed by atoms with van der Waals surface area (Å²) in [7, 11) is 2.98. The van der Waals surface area contributed by atoms with Crippen molar-refractivity contribution in [2.75, 3.05) is 20.8 Å². The van der Waals surface area contributed by atoms with Crippen LogP contribution in [0.4, 0.5) is 0 Å². The zero-order valence-electron chi connectivity index (χ0n) is 11.7. The van der Waals surface area contributed by atoms with Gasteiger partial charge in [-0.15, -0.1) is 0 Å². The van der Waals surface area contributed by atoms with Gasteiger partial charge >= 0.3 is 5.97 Å². The van der Waals surface area contributed by atoms with E-state index in [0.717, 1.165) is 11.1 Å². The Balaban J connectivity index is 3.36. The fourth-order valence-corrected chi connectivity index (χ4v) is 2.05. The summed E-state index contributed by atoms with van der Waals surface area (Å²) in [5.74, 6) is 0.350. The Kier molecular flexibility index (Phi) is 4.73. The van der Waals surface area contributed by atoms with Gasteiger partial charge in [-0.3, -0.25) is 5.32 Å². The van der Waals surface area contributed by atoms with Gasteiger partial charge in [0.1, 0.15) is 11.3 Å². The summed E-state index contributed by atoms with van der Waals surface area (Å²) >= 11 is 0. The SMILES string of the molecule is CCNC(C)(C(=O)OC)c1cc(C)ccc1OC. The van der Waals surface area contributed by atoms with Gasteiger partial charge in [0.2, 0.25) is 0 Å². The number of hydrogen-bond donors (Lipinski definition) is 1. The number of carbonyl (C=O) groups is 1. The minimum Gasteiger partial charge on any atom is -0.496 e. The molecular weight excluding hydrogens is 230 g/mol. The Bertz CT molecular complexity index is 431. The van der Waals surface area contributed by atoms with Gasteiger partial charge in [-0.25, -0.2) is 4.79 Å². The molecule has 1 atom stereocenters. The highest BCUT2D eigenvalue weighted by Crippen LogP contribution is 2.31. The predicted molar refractivity (Wildman–Crippen MR) is 70.8 cm³/mol. The number of likely N-dealkylation sites (N-methyl/N-ethyl adjacent to an activating group) is 1. The van der Waals surface area contributed by atoms with E-state index in [9.17, 15) is 4.79 Å². The molecule has 4 heteroatoms. The van der Waals surface area contributed by atoms with E-state index in [0.29, 0.717) is 12.3 Å². The lowest BCUT2D eigenvalue weighted by Gasteiger charge is -2.29. The number of nitrogens with one attached hydrogen (secondary N) is 1. The molecular formula is C14H21NO3. The Hall–Kier alpha value is -1.55. The standard InChI is InChI=1S/C14H21NO3/c1-6-15-14(3,13(16)18-5)11-9-10(2)7-8-12(11)17-4/h7-9,15H,6H2,1-5H3. The summed E-state index contributed by atoms with van der Waals surface area (Å²) in [5.41, 5.74) is 0.957. The van der Waals surface area contributed by atoms with Crippen LogP contribution in [0.2, 0.25) is 0 Å². The van der Waals surface area contributed by atoms with E-state index in [4.69, 9.17) is 9.47 Å². The molecule has 1 unspecified atom stereocenters. The molecule has 0 amide bonds. The normalized spacial score (nSPS) is 13.8. The Morgan fingerprint density at radius 2 is 2.06 bits per heavy atom. The lowest BCUT2D eigenvalue weighted by Crippen LogP contribution is -2.47. The van der Waals surface area contributed by atoms with Crippen molar-refractivity contribution in [2.45, 2.75) is 26.3 Å². The smallest absolute Gasteiger partial charge is 0.330 e. The highest BCUT2D eigenvalue weighted by atomic mass is 16.5. The highest BCUT2D eigenvalue weighted by Gasteiger charge is 2.38. The Morgan fingerprint density at radius 3 is 2.56 bits per heavy atom. The number of ether oxygens (including phenoxy) is 2. The molecule has 4 nitrogen and oxygen atoms in total. The number of methoxy groups -OCH3 is 2. The summed E-state index contributed by atoms with van der Waals surface area (Å²) in [4.78, 5) is 12.1. The zero-order chi connectivity index (χ0) is 13.8. The van der Waals surface area contributed by atoms with E-state index in [2.05, 4.69) is 5.32 Å². The topological polar surface area (TPSA) is 47.6 Å². The predicted octanol–water partition coefficient (Wildman–Crippen LogP) is 2.00. The molecule has 0 saturated heterocycles. The van der Waals surface area contributed by atoms with Crippen LogP contribution in [0.25, 0.3) is 0 Å². The molecule has 1 aromatic carbocycles. The molecule has 0 aliphatic rings. The van der Waals surface area contributed by atoms with Crippen molar-refractivity contribution >= 4 is 5.97 Å². The molecule has 0 aromatic heterocycles. The average molecular weight is 251 g/mol. The third-order valence-electron chi connectivity index (χ3n) is 3.02. The van der Waals surface area contributed by atoms with Crippen LogP contribution in [0.3, 0.4) is 0 Å². The van der Waals surface area contributed by atoms with E-state index in [1.165, 1.54) is 7.11 Å². The van der Waals surface area contributed by atoms with Crippen molar-refractivity contribution in [2.24, 2.45) is 0 Å². The number of rotatable bonds is 5. The van der Waals surface area contributed by atoms with Gasteiger partial charge in [-0.1, -0.05) is 18.6 Å². The molecule has 0 saturated carbocycles. The van der Waals surface area contributed by atoms with Gasteiger partial charge in [0.15, 0.2) is 0 Å². The van der Waals surface area contributed by atoms with Crippen LogP contribution in [-0.2, 0) is 15.1 Å². The molecule has 0 aliphatic carbocycles. The van der Waals surface area contributed by atoms with Crippen LogP contribution in [0.5, 0.6) is 5.75 Å². The van der Waals surface area contributed by atoms with Crippen LogP contribution < -0.4 is 10.1 Å². The van der Waals surface area contributed by atoms with Crippen LogP contribution in [-0.4, -0.2) is 26.7 Å². The number of carbonyl (C=O) groups excluding carboxylic acids is 1. The maximum absolute atomic E-state index is 12.1. The number of benzene rings is 1. The minimum atomic E-state index is -0.902. The van der Waals surface area contributed by atoms with Crippen molar-refractivity contribution in [3.8, 4) is 5.75 Å². The third kappa shape index (κ3) is 2.64. The monoisotopic (exact) mass is 251 g/mol. The third-order valence-corrected chi connectivity index (χ3v) is 3.02. The second kappa shape index (κ2) is 5.87. The van der Waals surface area contributed by atoms with Crippen LogP contribution in [0.1, 0.15) is 25.0 Å². The van der Waals surface area contributed by atoms with Gasteiger partial charge in [0.25, 0.3) is 0 Å². The second-order valence-corrected chi connectivity index (χ2v) is 4.35. The van der Waals surface area contributed by atoms with Gasteiger partial charge in [-0.05, 0) is 32.5 Å². The Labute approximate surface area is 108 Å². The summed E-state index contributed by atoms with van der Waals surface area (Å²) in [6, 6.07) is 5.76. The van der Waals surface area contributed by atoms with Crippen molar-refractivity contribution in [1.29, 1.82) is 0 Å². The van der Waals surface area contributed by atoms with Crippen molar-refractivity contribution in [1.82, 2.24) is 5.32 Å². The molecule has 0 fully saturated rings. The van der Waals surface area contributed by atoms with E-state index in [1.807, 2.05) is 32.0 Å². The van der Waals surface area contributed by atoms with Crippen molar-refractivity contribution < 1.29 is 14.3 Å². The molecule has 0 spiro atoms. The van der Waals surface area contributed by atoms with Crippen LogP contribution in [0.15, 0.2) is 18.2 Å². The van der Waals surface area contributed by atoms with Crippen molar-refractivity contribution in [3.05, 3.63) is 29.3 Å². The number of aryl methyl sites for hydroxylation is 1. The van der Waals surface area contributed by atoms with Gasteiger partial charge < -0.3 is 9.47 Å². The van der Waals surface area contributed by atoms with Gasteiger partial charge in [-0.2, -0.15) is 0 Å². The Morgan fingerprint density at radius 1 is 1.39 bits per heavy atom. The molecule has 0 heterocycles. The maximum atomic E-state index is 12.1. The molecule has 0 aliphatic heterocycles. The van der Waals surface area contributed by atoms with E-state index < -0.39 is 5.54 Å². The molecule has 18 heavy (non-hydrogen) atoms. The van der Waals surface area contributed by atoms with E-state index in [1.54, 1.807) is 14.0 Å². The van der Waals surface area contributed by atoms with Crippen LogP contribution >= 0.6 is 0 Å². The largest absolute Gasteiger partial charge is 0.496 e. The molecule has 0 bridgehead atoms. The number of esters is 1. The fourth-order valence-electron chi connectivity index (χ4n) is 2.05. The maximum Gasteiger partial charge on any atom is 0.330 e. The van der Waals surface area contributed by atoms with Gasteiger partial charge in [0.05, 0.1) is 14.2 Å². The summed E-state index contributed by atoms with van der Waals surface area (Å²) in [6.45, 7) is 6.39. The minimum absolute atomic E-state index is 0.326. The summed E-state index contributed by atoms with van der Waals surface area (Å²) < 4.78 is 10.2. The van der Waals surface area contributed by atoms with E-state index in [-0.39, 0.29) is 5.97 Å². The second-order valence-electron chi connectivity index (χ2n) is 4.35. The lowest BCUT2D eigenvalue weighted by molar-refractivity contribution is -0.148. The highest BCUT2D eigenvalue weighted by molar-refractivity contribution is 5.83. The average Bonchev–Trinajstić information content (AvgIpc) is 2.37. The first-order valence-electron chi connectivity index (χ1n) is 5.98. The molecule has 0 radical (unpaired) electrons. The quantitative estimate of drug-likeness (QED) is 0.813. The zero-order valence-corrected chi connectivity index (χ0v) is 11.7. The summed E-state index contributed by atoms with van der Waals surface area (Å²) in [6.07, 6.45) is 0. The first kappa shape index (κ1) is 14.5. The first-order chi connectivity index (χ1) is 8.49. The molecule has 100 valence electrons. The molecule has 1 N–H and O–H groups in total. The lowest BCUT2D eigenvalue weighted by atomic mass is 9.90. The van der Waals surface area contributed by atoms with Crippen LogP contribution in [0, 0.1) is 6.92 Å². The number of hydrogen-bond acceptors (Lipinski definition) is 4. The molecule has 1 aromatic rings. The first-order valence-corrected chi connectivity index (χ1v) is 5.98.